The summed E-state index contributed by atoms with van der Waals surface area (Å²) in [5.41, 5.74) is 6.27. The molecule has 0 saturated carbocycles. The van der Waals surface area contributed by atoms with Crippen LogP contribution in [0.3, 0.4) is 0 Å². The van der Waals surface area contributed by atoms with Crippen LogP contribution in [0.2, 0.25) is 0 Å². The van der Waals surface area contributed by atoms with E-state index in [1.165, 1.54) is 4.90 Å². The first-order chi connectivity index (χ1) is 10.1. The summed E-state index contributed by atoms with van der Waals surface area (Å²) in [6, 6.07) is 12.3. The van der Waals surface area contributed by atoms with Crippen LogP contribution in [0.4, 0.5) is 5.82 Å². The molecule has 1 heterocycles. The van der Waals surface area contributed by atoms with Crippen LogP contribution < -0.4 is 15.4 Å². The molecule has 0 radical (unpaired) electrons. The van der Waals surface area contributed by atoms with Gasteiger partial charge in [-0.15, -0.1) is 0 Å². The Bertz CT molecular complexity index is 629. The van der Waals surface area contributed by atoms with E-state index in [2.05, 4.69) is 4.98 Å². The third kappa shape index (κ3) is 4.00. The zero-order chi connectivity index (χ0) is 15.2. The average molecular weight is 301 g/mol. The smallest absolute Gasteiger partial charge is 0.265 e. The minimum absolute atomic E-state index is 0.0699. The second kappa shape index (κ2) is 6.81. The molecule has 6 heteroatoms. The maximum atomic E-state index is 12.0. The minimum Gasteiger partial charge on any atom is -0.484 e. The number of thiocarbonyl (C=S) groups is 1. The van der Waals surface area contributed by atoms with Crippen molar-refractivity contribution in [2.24, 2.45) is 5.73 Å². The number of nitrogens with zero attached hydrogens (tertiary/aromatic N) is 2. The van der Waals surface area contributed by atoms with Crippen molar-refractivity contribution in [3.63, 3.8) is 0 Å². The molecule has 0 bridgehead atoms. The SMILES string of the molecule is CN(C(=O)COc1ccc(C(N)=S)cc1)c1ccccn1. The zero-order valence-corrected chi connectivity index (χ0v) is 12.3. The molecule has 1 aromatic carbocycles. The number of nitrogens with two attached hydrogens (primary N) is 1. The normalized spacial score (nSPS) is 9.95. The Hall–Kier alpha value is -2.47. The van der Waals surface area contributed by atoms with Gasteiger partial charge in [0.1, 0.15) is 16.6 Å². The molecule has 0 atom stereocenters. The summed E-state index contributed by atoms with van der Waals surface area (Å²) in [5.74, 6) is 0.972. The number of benzene rings is 1. The van der Waals surface area contributed by atoms with Crippen molar-refractivity contribution in [3.8, 4) is 5.75 Å². The summed E-state index contributed by atoms with van der Waals surface area (Å²) in [6.45, 7) is -0.0699. The molecule has 0 spiro atoms. The lowest BCUT2D eigenvalue weighted by atomic mass is 10.2. The number of carbonyl (C=O) groups is 1. The van der Waals surface area contributed by atoms with E-state index in [4.69, 9.17) is 22.7 Å². The Balaban J connectivity index is 1.93. The van der Waals surface area contributed by atoms with Crippen LogP contribution in [-0.4, -0.2) is 29.5 Å². The second-order valence-corrected chi connectivity index (χ2v) is 4.76. The van der Waals surface area contributed by atoms with Gasteiger partial charge < -0.3 is 10.5 Å². The highest BCUT2D eigenvalue weighted by Crippen LogP contribution is 2.13. The lowest BCUT2D eigenvalue weighted by molar-refractivity contribution is -0.120. The molecule has 108 valence electrons. The predicted molar refractivity (Wildman–Crippen MR) is 85.5 cm³/mol. The Kier molecular flexibility index (Phi) is 4.84. The van der Waals surface area contributed by atoms with E-state index in [1.54, 1.807) is 49.6 Å². The van der Waals surface area contributed by atoms with Gasteiger partial charge >= 0.3 is 0 Å². The monoisotopic (exact) mass is 301 g/mol. The molecule has 21 heavy (non-hydrogen) atoms. The van der Waals surface area contributed by atoms with E-state index >= 15 is 0 Å². The van der Waals surface area contributed by atoms with Crippen molar-refractivity contribution < 1.29 is 9.53 Å². The topological polar surface area (TPSA) is 68.5 Å². The first-order valence-corrected chi connectivity index (χ1v) is 6.69. The summed E-state index contributed by atoms with van der Waals surface area (Å²) in [5, 5.41) is 0. The molecule has 0 unspecified atom stereocenters. The molecule has 2 aromatic rings. The van der Waals surface area contributed by atoms with Gasteiger partial charge in [-0.1, -0.05) is 18.3 Å². The first-order valence-electron chi connectivity index (χ1n) is 6.28. The van der Waals surface area contributed by atoms with Crippen LogP contribution in [0.25, 0.3) is 0 Å². The largest absolute Gasteiger partial charge is 0.484 e. The molecule has 0 fully saturated rings. The van der Waals surface area contributed by atoms with Gasteiger partial charge in [0, 0.05) is 18.8 Å². The highest BCUT2D eigenvalue weighted by Gasteiger charge is 2.12. The van der Waals surface area contributed by atoms with Gasteiger partial charge in [0.05, 0.1) is 0 Å². The number of likely N-dealkylation sites (N-methyl/N-ethyl adjacent to an activating group) is 1. The minimum atomic E-state index is -0.188. The maximum Gasteiger partial charge on any atom is 0.265 e. The molecule has 1 aromatic heterocycles. The van der Waals surface area contributed by atoms with Crippen LogP contribution in [0, 0.1) is 0 Å². The fourth-order valence-electron chi connectivity index (χ4n) is 1.64. The molecular weight excluding hydrogens is 286 g/mol. The summed E-state index contributed by atoms with van der Waals surface area (Å²) in [6.07, 6.45) is 1.63. The van der Waals surface area contributed by atoms with Gasteiger partial charge in [-0.05, 0) is 36.4 Å². The number of ether oxygens (including phenoxy) is 1. The van der Waals surface area contributed by atoms with Gasteiger partial charge in [-0.2, -0.15) is 0 Å². The first kappa shape index (κ1) is 14.9. The summed E-state index contributed by atoms with van der Waals surface area (Å²) in [4.78, 5) is 17.9. The molecule has 0 saturated heterocycles. The number of aromatic nitrogens is 1. The Morgan fingerprint density at radius 3 is 2.57 bits per heavy atom. The van der Waals surface area contributed by atoms with Crippen LogP contribution >= 0.6 is 12.2 Å². The highest BCUT2D eigenvalue weighted by atomic mass is 32.1. The van der Waals surface area contributed by atoms with Crippen molar-refractivity contribution in [2.45, 2.75) is 0 Å². The summed E-state index contributed by atoms with van der Waals surface area (Å²) >= 11 is 4.87. The van der Waals surface area contributed by atoms with E-state index in [9.17, 15) is 4.79 Å². The Labute approximate surface area is 128 Å². The third-order valence-electron chi connectivity index (χ3n) is 2.87. The number of rotatable bonds is 5. The molecule has 0 aliphatic heterocycles. The predicted octanol–water partition coefficient (Wildman–Crippen LogP) is 1.76. The molecular formula is C15H15N3O2S. The van der Waals surface area contributed by atoms with Gasteiger partial charge in [0.25, 0.3) is 5.91 Å². The number of pyridine rings is 1. The second-order valence-electron chi connectivity index (χ2n) is 4.32. The highest BCUT2D eigenvalue weighted by molar-refractivity contribution is 7.80. The molecule has 0 aliphatic rings. The van der Waals surface area contributed by atoms with E-state index in [-0.39, 0.29) is 12.5 Å². The van der Waals surface area contributed by atoms with Gasteiger partial charge in [0.15, 0.2) is 6.61 Å². The third-order valence-corrected chi connectivity index (χ3v) is 3.10. The molecule has 2 N–H and O–H groups in total. The Morgan fingerprint density at radius 1 is 1.29 bits per heavy atom. The van der Waals surface area contributed by atoms with Crippen molar-refractivity contribution in [1.82, 2.24) is 4.98 Å². The quantitative estimate of drug-likeness (QED) is 0.852. The maximum absolute atomic E-state index is 12.0. The van der Waals surface area contributed by atoms with Crippen LogP contribution in [-0.2, 0) is 4.79 Å². The van der Waals surface area contributed by atoms with Crippen molar-refractivity contribution in [3.05, 3.63) is 54.2 Å². The van der Waals surface area contributed by atoms with Gasteiger partial charge in [-0.25, -0.2) is 4.98 Å². The number of carbonyl (C=O) groups excluding carboxylic acids is 1. The molecule has 1 amide bonds. The number of hydrogen-bond donors (Lipinski definition) is 1. The number of hydrogen-bond acceptors (Lipinski definition) is 4. The lowest BCUT2D eigenvalue weighted by Gasteiger charge is -2.16. The van der Waals surface area contributed by atoms with Crippen LogP contribution in [0.5, 0.6) is 5.75 Å². The van der Waals surface area contributed by atoms with Crippen LogP contribution in [0.15, 0.2) is 48.7 Å². The van der Waals surface area contributed by atoms with Crippen molar-refractivity contribution in [2.75, 3.05) is 18.6 Å². The zero-order valence-electron chi connectivity index (χ0n) is 11.5. The van der Waals surface area contributed by atoms with Crippen molar-refractivity contribution >= 4 is 28.9 Å². The van der Waals surface area contributed by atoms with Gasteiger partial charge in [-0.3, -0.25) is 9.69 Å². The summed E-state index contributed by atoms with van der Waals surface area (Å²) in [7, 11) is 1.66. The number of amides is 1. The molecule has 2 rings (SSSR count). The standard InChI is InChI=1S/C15H15N3O2S/c1-18(13-4-2-3-9-17-13)14(19)10-20-12-7-5-11(6-8-12)15(16)21/h2-9H,10H2,1H3,(H2,16,21). The van der Waals surface area contributed by atoms with Crippen LogP contribution in [0.1, 0.15) is 5.56 Å². The van der Waals surface area contributed by atoms with Crippen molar-refractivity contribution in [1.29, 1.82) is 0 Å². The average Bonchev–Trinajstić information content (AvgIpc) is 2.53. The molecule has 5 nitrogen and oxygen atoms in total. The fraction of sp³-hybridized carbons (Fsp3) is 0.133. The molecule has 0 aliphatic carbocycles. The van der Waals surface area contributed by atoms with E-state index < -0.39 is 0 Å². The lowest BCUT2D eigenvalue weighted by Crippen LogP contribution is -2.31. The summed E-state index contributed by atoms with van der Waals surface area (Å²) < 4.78 is 5.44. The fourth-order valence-corrected chi connectivity index (χ4v) is 1.77. The van der Waals surface area contributed by atoms with E-state index in [0.29, 0.717) is 16.6 Å². The van der Waals surface area contributed by atoms with Gasteiger partial charge in [0.2, 0.25) is 0 Å². The van der Waals surface area contributed by atoms with E-state index in [1.807, 2.05) is 6.07 Å². The Morgan fingerprint density at radius 2 is 2.00 bits per heavy atom. The number of anilines is 1. The van der Waals surface area contributed by atoms with E-state index in [0.717, 1.165) is 5.56 Å².